The summed E-state index contributed by atoms with van der Waals surface area (Å²) in [4.78, 5) is 23.8. The smallest absolute Gasteiger partial charge is 0.352 e. The number of nitrogens with one attached hydrogen (secondary N) is 2. The minimum Gasteiger partial charge on any atom is -0.352 e. The number of anilines is 1. The lowest BCUT2D eigenvalue weighted by molar-refractivity contribution is -0.472. The first-order valence-corrected chi connectivity index (χ1v) is 10.8. The van der Waals surface area contributed by atoms with E-state index in [1.807, 2.05) is 6.92 Å². The van der Waals surface area contributed by atoms with Gasteiger partial charge in [-0.15, -0.1) is 0 Å². The summed E-state index contributed by atoms with van der Waals surface area (Å²) < 4.78 is 144. The maximum atomic E-state index is 14.3. The molecule has 0 aromatic heterocycles. The number of ether oxygens (including phenoxy) is 1. The number of carbonyl (C=O) groups excluding carboxylic acids is 2. The molecule has 1 rings (SSSR count). The van der Waals surface area contributed by atoms with Crippen LogP contribution in [-0.4, -0.2) is 48.6 Å². The Morgan fingerprint density at radius 3 is 1.76 bits per heavy atom. The lowest BCUT2D eigenvalue weighted by atomic mass is 10.1. The number of carbonyl (C=O) groups is 2. The molecule has 2 N–H and O–H groups in total. The lowest BCUT2D eigenvalue weighted by Gasteiger charge is -2.34. The van der Waals surface area contributed by atoms with E-state index in [2.05, 4.69) is 10.1 Å². The quantitative estimate of drug-likeness (QED) is 0.207. The molecular weight excluding hydrogens is 537 g/mol. The van der Waals surface area contributed by atoms with E-state index in [9.17, 15) is 57.9 Å². The second-order valence-corrected chi connectivity index (χ2v) is 7.84. The van der Waals surface area contributed by atoms with Crippen LogP contribution < -0.4 is 10.6 Å². The number of hydrogen-bond acceptors (Lipinski definition) is 3. The molecule has 2 amide bonds. The Morgan fingerprint density at radius 2 is 1.27 bits per heavy atom. The van der Waals surface area contributed by atoms with Gasteiger partial charge in [-0.1, -0.05) is 39.0 Å². The Bertz CT molecular complexity index is 902. The number of amides is 2. The van der Waals surface area contributed by atoms with E-state index in [1.54, 1.807) is 0 Å². The van der Waals surface area contributed by atoms with Gasteiger partial charge in [-0.3, -0.25) is 14.3 Å². The van der Waals surface area contributed by atoms with Crippen molar-refractivity contribution in [3.8, 4) is 0 Å². The van der Waals surface area contributed by atoms with Crippen molar-refractivity contribution in [1.82, 2.24) is 5.32 Å². The van der Waals surface area contributed by atoms with Gasteiger partial charge in [-0.25, -0.2) is 0 Å². The molecule has 37 heavy (non-hydrogen) atoms. The third-order valence-electron chi connectivity index (χ3n) is 4.87. The third-order valence-corrected chi connectivity index (χ3v) is 4.87. The molecule has 0 spiro atoms. The van der Waals surface area contributed by atoms with Gasteiger partial charge < -0.3 is 10.6 Å². The summed E-state index contributed by atoms with van der Waals surface area (Å²) in [5, 5.41) is 3.64. The average Bonchev–Trinajstić information content (AvgIpc) is 2.76. The zero-order valence-electron chi connectivity index (χ0n) is 19.1. The highest BCUT2D eigenvalue weighted by molar-refractivity contribution is 5.98. The van der Waals surface area contributed by atoms with Gasteiger partial charge in [0.1, 0.15) is 0 Å². The Morgan fingerprint density at radius 1 is 0.757 bits per heavy atom. The highest BCUT2D eigenvalue weighted by Gasteiger charge is 2.79. The predicted molar refractivity (Wildman–Crippen MR) is 108 cm³/mol. The van der Waals surface area contributed by atoms with Crippen LogP contribution in [0.4, 0.5) is 54.0 Å². The number of halogens is 11. The maximum absolute atomic E-state index is 14.3. The number of hydrogen-bond donors (Lipinski definition) is 2. The van der Waals surface area contributed by atoms with E-state index < -0.39 is 47.7 Å². The van der Waals surface area contributed by atoms with E-state index in [-0.39, 0.29) is 5.56 Å². The standard InChI is InChI=1S/C21H23F11N2O3/c1-2-3-4-5-6-7-12-33-15(35)13-8-10-14(11-9-13)34-16(36)17(22,19(25,26)27)37-21(31,32)18(23,24)20(28,29)30/h8-11H,2-7,12H2,1H3,(H,33,35)(H,34,36)/t17-/m1/s1. The molecule has 0 heterocycles. The van der Waals surface area contributed by atoms with Crippen molar-refractivity contribution in [2.45, 2.75) is 75.7 Å². The number of rotatable bonds is 13. The van der Waals surface area contributed by atoms with E-state index in [4.69, 9.17) is 0 Å². The average molecular weight is 560 g/mol. The van der Waals surface area contributed by atoms with Crippen LogP contribution in [0, 0.1) is 0 Å². The van der Waals surface area contributed by atoms with Crippen LogP contribution in [0.15, 0.2) is 24.3 Å². The Labute approximate surface area is 203 Å². The van der Waals surface area contributed by atoms with Crippen molar-refractivity contribution in [2.24, 2.45) is 0 Å². The molecule has 1 atom stereocenters. The first kappa shape index (κ1) is 32.4. The number of benzene rings is 1. The zero-order chi connectivity index (χ0) is 28.7. The Kier molecular flexibility index (Phi) is 10.7. The van der Waals surface area contributed by atoms with Crippen molar-refractivity contribution in [3.05, 3.63) is 29.8 Å². The highest BCUT2D eigenvalue weighted by atomic mass is 19.4. The van der Waals surface area contributed by atoms with E-state index >= 15 is 0 Å². The molecule has 0 aliphatic carbocycles. The molecule has 0 unspecified atom stereocenters. The molecule has 0 saturated heterocycles. The van der Waals surface area contributed by atoms with Crippen molar-refractivity contribution in [1.29, 1.82) is 0 Å². The number of alkyl halides is 11. The molecule has 16 heteroatoms. The van der Waals surface area contributed by atoms with Gasteiger partial charge in [-0.2, -0.15) is 48.3 Å². The van der Waals surface area contributed by atoms with Gasteiger partial charge in [-0.05, 0) is 30.7 Å². The largest absolute Gasteiger partial charge is 0.462 e. The van der Waals surface area contributed by atoms with E-state index in [0.29, 0.717) is 13.0 Å². The Balaban J connectivity index is 2.91. The van der Waals surface area contributed by atoms with Gasteiger partial charge in [0.25, 0.3) is 11.8 Å². The molecular formula is C21H23F11N2O3. The van der Waals surface area contributed by atoms with Gasteiger partial charge in [0.15, 0.2) is 0 Å². The van der Waals surface area contributed by atoms with Gasteiger partial charge in [0.2, 0.25) is 0 Å². The molecule has 212 valence electrons. The fourth-order valence-electron chi connectivity index (χ4n) is 2.76. The minimum atomic E-state index is -7.28. The maximum Gasteiger partial charge on any atom is 0.462 e. The van der Waals surface area contributed by atoms with Crippen LogP contribution in [-0.2, 0) is 9.53 Å². The van der Waals surface area contributed by atoms with Crippen molar-refractivity contribution >= 4 is 17.5 Å². The molecule has 0 aliphatic rings. The second-order valence-electron chi connectivity index (χ2n) is 7.84. The SMILES string of the molecule is CCCCCCCCNC(=O)c1ccc(NC(=O)[C@@](F)(OC(F)(F)C(F)(F)C(F)(F)F)C(F)(F)F)cc1. The van der Waals surface area contributed by atoms with Crippen LogP contribution in [0.25, 0.3) is 0 Å². The summed E-state index contributed by atoms with van der Waals surface area (Å²) in [7, 11) is 0. The molecule has 0 radical (unpaired) electrons. The van der Waals surface area contributed by atoms with E-state index in [1.165, 1.54) is 0 Å². The summed E-state index contributed by atoms with van der Waals surface area (Å²) in [6.45, 7) is 2.35. The summed E-state index contributed by atoms with van der Waals surface area (Å²) in [6.07, 6.45) is -15.4. The van der Waals surface area contributed by atoms with Crippen LogP contribution in [0.2, 0.25) is 0 Å². The van der Waals surface area contributed by atoms with Gasteiger partial charge in [0.05, 0.1) is 0 Å². The molecule has 5 nitrogen and oxygen atoms in total. The lowest BCUT2D eigenvalue weighted by Crippen LogP contribution is -2.62. The molecule has 1 aromatic rings. The van der Waals surface area contributed by atoms with Crippen molar-refractivity contribution < 1.29 is 62.6 Å². The molecule has 0 saturated carbocycles. The molecule has 0 bridgehead atoms. The normalized spacial score (nSPS) is 14.7. The van der Waals surface area contributed by atoms with Crippen LogP contribution in [0.1, 0.15) is 55.8 Å². The second kappa shape index (κ2) is 12.3. The summed E-state index contributed by atoms with van der Waals surface area (Å²) in [5.74, 6) is -17.4. The summed E-state index contributed by atoms with van der Waals surface area (Å²) in [6, 6.07) is 3.34. The van der Waals surface area contributed by atoms with Gasteiger partial charge >= 0.3 is 30.2 Å². The Hall–Kier alpha value is -2.65. The fraction of sp³-hybridized carbons (Fsp3) is 0.619. The first-order valence-electron chi connectivity index (χ1n) is 10.8. The molecule has 1 aromatic carbocycles. The third kappa shape index (κ3) is 8.17. The van der Waals surface area contributed by atoms with Gasteiger partial charge in [0, 0.05) is 17.8 Å². The predicted octanol–water partition coefficient (Wildman–Crippen LogP) is 6.75. The summed E-state index contributed by atoms with van der Waals surface area (Å²) in [5.41, 5.74) is -0.822. The highest BCUT2D eigenvalue weighted by Crippen LogP contribution is 2.51. The van der Waals surface area contributed by atoms with Crippen molar-refractivity contribution in [3.63, 3.8) is 0 Å². The zero-order valence-corrected chi connectivity index (χ0v) is 19.1. The fourth-order valence-corrected chi connectivity index (χ4v) is 2.76. The monoisotopic (exact) mass is 560 g/mol. The van der Waals surface area contributed by atoms with Crippen LogP contribution >= 0.6 is 0 Å². The number of unbranched alkanes of at least 4 members (excludes halogenated alkanes) is 5. The molecule has 0 aliphatic heterocycles. The summed E-state index contributed by atoms with van der Waals surface area (Å²) >= 11 is 0. The van der Waals surface area contributed by atoms with E-state index in [0.717, 1.165) is 61.7 Å². The van der Waals surface area contributed by atoms with Crippen LogP contribution in [0.5, 0.6) is 0 Å². The topological polar surface area (TPSA) is 67.4 Å². The van der Waals surface area contributed by atoms with Crippen LogP contribution in [0.3, 0.4) is 0 Å². The minimum absolute atomic E-state index is 0.0704. The molecule has 0 fully saturated rings. The first-order chi connectivity index (χ1) is 16.8. The van der Waals surface area contributed by atoms with Crippen molar-refractivity contribution in [2.75, 3.05) is 11.9 Å².